The number of hydrogen-bond donors (Lipinski definition) is 0. The van der Waals surface area contributed by atoms with Gasteiger partial charge in [0.25, 0.3) is 0 Å². The molecule has 0 fully saturated rings. The van der Waals surface area contributed by atoms with Crippen molar-refractivity contribution >= 4 is 33.3 Å². The molecule has 0 aromatic heterocycles. The van der Waals surface area contributed by atoms with Gasteiger partial charge in [-0.05, 0) is 35.9 Å². The third kappa shape index (κ3) is 3.22. The van der Waals surface area contributed by atoms with Gasteiger partial charge in [-0.25, -0.2) is 0 Å². The van der Waals surface area contributed by atoms with Gasteiger partial charge in [0, 0.05) is 21.5 Å². The van der Waals surface area contributed by atoms with E-state index in [4.69, 9.17) is 21.1 Å². The third-order valence-electron chi connectivity index (χ3n) is 3.23. The Bertz CT molecular complexity index is 700. The summed E-state index contributed by atoms with van der Waals surface area (Å²) in [7, 11) is 0. The molecule has 108 valence electrons. The van der Waals surface area contributed by atoms with Crippen LogP contribution in [0.2, 0.25) is 5.02 Å². The number of benzene rings is 2. The van der Waals surface area contributed by atoms with Crippen LogP contribution in [0.25, 0.3) is 0 Å². The number of carbonyl (C=O) groups excluding carboxylic acids is 1. The van der Waals surface area contributed by atoms with Gasteiger partial charge in [-0.2, -0.15) is 0 Å². The van der Waals surface area contributed by atoms with Crippen molar-refractivity contribution in [3.63, 3.8) is 0 Å². The van der Waals surface area contributed by atoms with Crippen LogP contribution in [-0.2, 0) is 6.42 Å². The van der Waals surface area contributed by atoms with Crippen molar-refractivity contribution in [2.24, 2.45) is 0 Å². The average Bonchev–Trinajstić information content (AvgIpc) is 2.49. The second-order valence-electron chi connectivity index (χ2n) is 4.69. The zero-order chi connectivity index (χ0) is 14.8. The third-order valence-corrected chi connectivity index (χ3v) is 4.08. The van der Waals surface area contributed by atoms with Gasteiger partial charge in [0.15, 0.2) is 17.3 Å². The van der Waals surface area contributed by atoms with E-state index in [2.05, 4.69) is 15.9 Å². The number of carbonyl (C=O) groups is 1. The molecule has 0 saturated carbocycles. The topological polar surface area (TPSA) is 35.5 Å². The van der Waals surface area contributed by atoms with Crippen LogP contribution in [0.1, 0.15) is 15.9 Å². The second-order valence-corrected chi connectivity index (χ2v) is 6.02. The minimum absolute atomic E-state index is 0.00352. The molecule has 0 aliphatic carbocycles. The van der Waals surface area contributed by atoms with Crippen molar-refractivity contribution in [2.45, 2.75) is 6.42 Å². The molecular formula is C16H12BrClO3. The largest absolute Gasteiger partial charge is 0.486 e. The molecule has 21 heavy (non-hydrogen) atoms. The van der Waals surface area contributed by atoms with Crippen LogP contribution in [0.3, 0.4) is 0 Å². The molecule has 5 heteroatoms. The molecule has 2 aromatic carbocycles. The molecule has 0 spiro atoms. The number of Topliss-reactive ketones (excluding diaryl/α,β-unsaturated/α-hetero) is 1. The fourth-order valence-corrected chi connectivity index (χ4v) is 2.90. The quantitative estimate of drug-likeness (QED) is 0.759. The molecule has 0 N–H and O–H groups in total. The van der Waals surface area contributed by atoms with Gasteiger partial charge in [0.05, 0.1) is 0 Å². The van der Waals surface area contributed by atoms with Crippen LogP contribution in [0, 0.1) is 0 Å². The minimum atomic E-state index is -0.00352. The summed E-state index contributed by atoms with van der Waals surface area (Å²) < 4.78 is 11.8. The van der Waals surface area contributed by atoms with Crippen LogP contribution >= 0.6 is 27.5 Å². The number of rotatable bonds is 3. The smallest absolute Gasteiger partial charge is 0.167 e. The first-order valence-corrected chi connectivity index (χ1v) is 7.67. The van der Waals surface area contributed by atoms with Gasteiger partial charge in [-0.15, -0.1) is 0 Å². The van der Waals surface area contributed by atoms with Crippen molar-refractivity contribution in [1.29, 1.82) is 0 Å². The summed E-state index contributed by atoms with van der Waals surface area (Å²) >= 11 is 9.50. The maximum Gasteiger partial charge on any atom is 0.167 e. The van der Waals surface area contributed by atoms with Crippen molar-refractivity contribution in [1.82, 2.24) is 0 Å². The molecule has 3 nitrogen and oxygen atoms in total. The van der Waals surface area contributed by atoms with E-state index in [0.29, 0.717) is 35.3 Å². The van der Waals surface area contributed by atoms with Gasteiger partial charge in [-0.3, -0.25) is 4.79 Å². The lowest BCUT2D eigenvalue weighted by Gasteiger charge is -2.18. The van der Waals surface area contributed by atoms with Crippen LogP contribution < -0.4 is 9.47 Å². The summed E-state index contributed by atoms with van der Waals surface area (Å²) in [6.07, 6.45) is 0.256. The van der Waals surface area contributed by atoms with E-state index in [9.17, 15) is 4.79 Å². The fraction of sp³-hybridized carbons (Fsp3) is 0.188. The lowest BCUT2D eigenvalue weighted by Crippen LogP contribution is -2.16. The summed E-state index contributed by atoms with van der Waals surface area (Å²) in [5, 5.41) is 0.579. The highest BCUT2D eigenvalue weighted by Gasteiger charge is 2.16. The van der Waals surface area contributed by atoms with E-state index in [0.717, 1.165) is 10.0 Å². The van der Waals surface area contributed by atoms with E-state index in [1.807, 2.05) is 12.1 Å². The number of ketones is 1. The number of halogens is 2. The Kier molecular flexibility index (Phi) is 4.17. The van der Waals surface area contributed by atoms with Gasteiger partial charge in [-0.1, -0.05) is 33.6 Å². The molecule has 1 heterocycles. The highest BCUT2D eigenvalue weighted by atomic mass is 79.9. The Morgan fingerprint density at radius 2 is 1.86 bits per heavy atom. The van der Waals surface area contributed by atoms with Crippen molar-refractivity contribution in [2.75, 3.05) is 13.2 Å². The SMILES string of the molecule is O=C(Cc1ccc(Br)cc1Cl)c1ccc2c(c1)OCCO2. The molecule has 0 saturated heterocycles. The summed E-state index contributed by atoms with van der Waals surface area (Å²) in [6.45, 7) is 1.04. The maximum atomic E-state index is 12.4. The monoisotopic (exact) mass is 366 g/mol. The fourth-order valence-electron chi connectivity index (χ4n) is 2.16. The predicted octanol–water partition coefficient (Wildman–Crippen LogP) is 4.30. The molecule has 0 amide bonds. The molecule has 0 bridgehead atoms. The molecule has 1 aliphatic heterocycles. The highest BCUT2D eigenvalue weighted by Crippen LogP contribution is 2.31. The highest BCUT2D eigenvalue weighted by molar-refractivity contribution is 9.10. The number of fused-ring (bicyclic) bond motifs is 1. The molecule has 0 unspecified atom stereocenters. The minimum Gasteiger partial charge on any atom is -0.486 e. The second kappa shape index (κ2) is 6.08. The predicted molar refractivity (Wildman–Crippen MR) is 84.6 cm³/mol. The summed E-state index contributed by atoms with van der Waals surface area (Å²) in [6, 6.07) is 10.8. The first-order valence-electron chi connectivity index (χ1n) is 6.50. The Labute approximate surface area is 136 Å². The van der Waals surface area contributed by atoms with E-state index in [1.165, 1.54) is 0 Å². The Morgan fingerprint density at radius 1 is 1.10 bits per heavy atom. The molecule has 0 radical (unpaired) electrons. The van der Waals surface area contributed by atoms with Crippen molar-refractivity contribution < 1.29 is 14.3 Å². The normalized spacial score (nSPS) is 13.0. The summed E-state index contributed by atoms with van der Waals surface area (Å²) in [4.78, 5) is 12.4. The van der Waals surface area contributed by atoms with Crippen molar-refractivity contribution in [3.05, 3.63) is 57.0 Å². The summed E-state index contributed by atoms with van der Waals surface area (Å²) in [5.41, 5.74) is 1.40. The molecule has 0 atom stereocenters. The van der Waals surface area contributed by atoms with Gasteiger partial charge in [0.2, 0.25) is 0 Å². The van der Waals surface area contributed by atoms with Gasteiger partial charge >= 0.3 is 0 Å². The van der Waals surface area contributed by atoms with Crippen LogP contribution in [0.15, 0.2) is 40.9 Å². The average molecular weight is 368 g/mol. The maximum absolute atomic E-state index is 12.4. The lowest BCUT2D eigenvalue weighted by atomic mass is 10.0. The molecule has 2 aromatic rings. The first kappa shape index (κ1) is 14.4. The Balaban J connectivity index is 1.82. The number of hydrogen-bond acceptors (Lipinski definition) is 3. The molecule has 1 aliphatic rings. The number of ether oxygens (including phenoxy) is 2. The Morgan fingerprint density at radius 3 is 2.62 bits per heavy atom. The Hall–Kier alpha value is -1.52. The van der Waals surface area contributed by atoms with E-state index in [-0.39, 0.29) is 12.2 Å². The van der Waals surface area contributed by atoms with Gasteiger partial charge in [0.1, 0.15) is 13.2 Å². The van der Waals surface area contributed by atoms with E-state index >= 15 is 0 Å². The molecular weight excluding hydrogens is 356 g/mol. The van der Waals surface area contributed by atoms with E-state index < -0.39 is 0 Å². The zero-order valence-electron chi connectivity index (χ0n) is 11.1. The summed E-state index contributed by atoms with van der Waals surface area (Å²) in [5.74, 6) is 1.30. The zero-order valence-corrected chi connectivity index (χ0v) is 13.4. The van der Waals surface area contributed by atoms with E-state index in [1.54, 1.807) is 24.3 Å². The first-order chi connectivity index (χ1) is 10.1. The van der Waals surface area contributed by atoms with Crippen LogP contribution in [0.4, 0.5) is 0 Å². The lowest BCUT2D eigenvalue weighted by molar-refractivity contribution is 0.0991. The van der Waals surface area contributed by atoms with Crippen LogP contribution in [-0.4, -0.2) is 19.0 Å². The standard InChI is InChI=1S/C16H12BrClO3/c17-12-3-1-10(13(18)9-12)7-14(19)11-2-4-15-16(8-11)21-6-5-20-15/h1-4,8-9H,5-7H2. The molecule has 3 rings (SSSR count). The van der Waals surface area contributed by atoms with Crippen LogP contribution in [0.5, 0.6) is 11.5 Å². The van der Waals surface area contributed by atoms with Gasteiger partial charge < -0.3 is 9.47 Å². The van der Waals surface area contributed by atoms with Crippen molar-refractivity contribution in [3.8, 4) is 11.5 Å².